The lowest BCUT2D eigenvalue weighted by atomic mass is 9.89. The third-order valence-corrected chi connectivity index (χ3v) is 5.54. The number of thioether (sulfide) groups is 1. The number of rotatable bonds is 6. The number of amides is 2. The highest BCUT2D eigenvalue weighted by Gasteiger charge is 2.21. The van der Waals surface area contributed by atoms with Crippen molar-refractivity contribution in [3.63, 3.8) is 0 Å². The van der Waals surface area contributed by atoms with E-state index in [0.29, 0.717) is 27.6 Å². The molecule has 1 saturated carbocycles. The number of thiophene rings is 1. The molecule has 0 saturated heterocycles. The Kier molecular flexibility index (Phi) is 5.52. The molecule has 0 bridgehead atoms. The first-order valence-electron chi connectivity index (χ1n) is 7.77. The van der Waals surface area contributed by atoms with Crippen LogP contribution in [0.3, 0.4) is 0 Å². The SMILES string of the molecule is NC(=O)c1ccsc1NC(=O)CSc1nnc(C2CCCCC2)o1. The number of primary amides is 1. The molecule has 1 aliphatic rings. The van der Waals surface area contributed by atoms with Crippen LogP contribution in [0, 0.1) is 0 Å². The van der Waals surface area contributed by atoms with Gasteiger partial charge in [-0.1, -0.05) is 31.0 Å². The van der Waals surface area contributed by atoms with Crippen molar-refractivity contribution in [2.75, 3.05) is 11.1 Å². The van der Waals surface area contributed by atoms with E-state index in [2.05, 4.69) is 15.5 Å². The zero-order valence-corrected chi connectivity index (χ0v) is 14.6. The Morgan fingerprint density at radius 1 is 1.33 bits per heavy atom. The van der Waals surface area contributed by atoms with Crippen LogP contribution in [0.25, 0.3) is 0 Å². The van der Waals surface area contributed by atoms with Gasteiger partial charge in [-0.2, -0.15) is 0 Å². The number of anilines is 1. The summed E-state index contributed by atoms with van der Waals surface area (Å²) < 4.78 is 5.66. The second-order valence-electron chi connectivity index (χ2n) is 5.61. The maximum atomic E-state index is 12.0. The summed E-state index contributed by atoms with van der Waals surface area (Å²) in [6, 6.07) is 1.59. The number of hydrogen-bond acceptors (Lipinski definition) is 7. The minimum atomic E-state index is -0.562. The van der Waals surface area contributed by atoms with Crippen molar-refractivity contribution < 1.29 is 14.0 Å². The van der Waals surface area contributed by atoms with Gasteiger partial charge in [0, 0.05) is 5.92 Å². The molecule has 0 aromatic carbocycles. The first kappa shape index (κ1) is 17.0. The van der Waals surface area contributed by atoms with E-state index in [1.54, 1.807) is 11.4 Å². The maximum absolute atomic E-state index is 12.0. The maximum Gasteiger partial charge on any atom is 0.277 e. The summed E-state index contributed by atoms with van der Waals surface area (Å²) >= 11 is 2.44. The van der Waals surface area contributed by atoms with Gasteiger partial charge in [0.25, 0.3) is 11.1 Å². The molecular weight excluding hydrogens is 348 g/mol. The predicted octanol–water partition coefficient (Wildman–Crippen LogP) is 3.01. The second kappa shape index (κ2) is 7.80. The van der Waals surface area contributed by atoms with Crippen molar-refractivity contribution in [2.24, 2.45) is 5.73 Å². The average Bonchev–Trinajstić information content (AvgIpc) is 3.23. The summed E-state index contributed by atoms with van der Waals surface area (Å²) in [5, 5.41) is 13.3. The number of nitrogens with two attached hydrogens (primary N) is 1. The van der Waals surface area contributed by atoms with Gasteiger partial charge in [-0.15, -0.1) is 21.5 Å². The molecule has 2 aromatic rings. The molecule has 128 valence electrons. The van der Waals surface area contributed by atoms with Crippen LogP contribution in [-0.4, -0.2) is 27.8 Å². The fraction of sp³-hybridized carbons (Fsp3) is 0.467. The van der Waals surface area contributed by atoms with Gasteiger partial charge < -0.3 is 15.5 Å². The van der Waals surface area contributed by atoms with Crippen molar-refractivity contribution in [2.45, 2.75) is 43.2 Å². The Labute approximate surface area is 147 Å². The lowest BCUT2D eigenvalue weighted by Gasteiger charge is -2.17. The molecule has 7 nitrogen and oxygen atoms in total. The van der Waals surface area contributed by atoms with Crippen LogP contribution >= 0.6 is 23.1 Å². The first-order valence-corrected chi connectivity index (χ1v) is 9.63. The van der Waals surface area contributed by atoms with Gasteiger partial charge in [-0.3, -0.25) is 9.59 Å². The van der Waals surface area contributed by atoms with Crippen LogP contribution in [0.5, 0.6) is 0 Å². The molecule has 0 unspecified atom stereocenters. The van der Waals surface area contributed by atoms with Crippen LogP contribution in [0.2, 0.25) is 0 Å². The highest BCUT2D eigenvalue weighted by molar-refractivity contribution is 7.99. The molecule has 2 aromatic heterocycles. The summed E-state index contributed by atoms with van der Waals surface area (Å²) in [5.41, 5.74) is 5.57. The highest BCUT2D eigenvalue weighted by atomic mass is 32.2. The topological polar surface area (TPSA) is 111 Å². The highest BCUT2D eigenvalue weighted by Crippen LogP contribution is 2.33. The van der Waals surface area contributed by atoms with Crippen LogP contribution in [0.4, 0.5) is 5.00 Å². The number of nitrogens with one attached hydrogen (secondary N) is 1. The minimum absolute atomic E-state index is 0.127. The molecule has 0 spiro atoms. The smallest absolute Gasteiger partial charge is 0.277 e. The van der Waals surface area contributed by atoms with E-state index >= 15 is 0 Å². The molecule has 3 rings (SSSR count). The second-order valence-corrected chi connectivity index (χ2v) is 7.45. The minimum Gasteiger partial charge on any atom is -0.416 e. The van der Waals surface area contributed by atoms with Gasteiger partial charge >= 0.3 is 0 Å². The summed E-state index contributed by atoms with van der Waals surface area (Å²) in [7, 11) is 0. The Morgan fingerprint density at radius 3 is 2.88 bits per heavy atom. The van der Waals surface area contributed by atoms with Crippen LogP contribution in [0.1, 0.15) is 54.3 Å². The van der Waals surface area contributed by atoms with Crippen LogP contribution in [0.15, 0.2) is 21.1 Å². The molecule has 2 amide bonds. The van der Waals surface area contributed by atoms with Crippen molar-refractivity contribution >= 4 is 39.9 Å². The third-order valence-electron chi connectivity index (χ3n) is 3.89. The number of carbonyl (C=O) groups excluding carboxylic acids is 2. The number of aromatic nitrogens is 2. The van der Waals surface area contributed by atoms with E-state index in [-0.39, 0.29) is 11.7 Å². The lowest BCUT2D eigenvalue weighted by molar-refractivity contribution is -0.113. The van der Waals surface area contributed by atoms with Gasteiger partial charge in [0.05, 0.1) is 11.3 Å². The van der Waals surface area contributed by atoms with Gasteiger partial charge in [0.15, 0.2) is 0 Å². The molecule has 2 heterocycles. The molecule has 1 fully saturated rings. The van der Waals surface area contributed by atoms with Gasteiger partial charge in [-0.05, 0) is 24.3 Å². The number of hydrogen-bond donors (Lipinski definition) is 2. The zero-order chi connectivity index (χ0) is 16.9. The summed E-state index contributed by atoms with van der Waals surface area (Å²) in [5.74, 6) is 0.337. The molecular formula is C15H18N4O3S2. The molecule has 3 N–H and O–H groups in total. The Bertz CT molecular complexity index is 722. The predicted molar refractivity (Wildman–Crippen MR) is 92.3 cm³/mol. The van der Waals surface area contributed by atoms with E-state index in [1.165, 1.54) is 42.4 Å². The summed E-state index contributed by atoms with van der Waals surface area (Å²) in [6.45, 7) is 0. The number of carbonyl (C=O) groups is 2. The zero-order valence-electron chi connectivity index (χ0n) is 13.0. The van der Waals surface area contributed by atoms with E-state index in [4.69, 9.17) is 10.2 Å². The molecule has 0 atom stereocenters. The lowest BCUT2D eigenvalue weighted by Crippen LogP contribution is -2.17. The molecule has 0 aliphatic heterocycles. The quantitative estimate of drug-likeness (QED) is 0.760. The van der Waals surface area contributed by atoms with Crippen molar-refractivity contribution in [3.05, 3.63) is 22.9 Å². The third kappa shape index (κ3) is 4.15. The largest absolute Gasteiger partial charge is 0.416 e. The molecule has 0 radical (unpaired) electrons. The molecule has 1 aliphatic carbocycles. The monoisotopic (exact) mass is 366 g/mol. The standard InChI is InChI=1S/C15H18N4O3S2/c16-12(21)10-6-7-23-14(10)17-11(20)8-24-15-19-18-13(22-15)9-4-2-1-3-5-9/h6-7,9H,1-5,8H2,(H2,16,21)(H,17,20). The summed E-state index contributed by atoms with van der Waals surface area (Å²) in [4.78, 5) is 23.2. The Morgan fingerprint density at radius 2 is 2.12 bits per heavy atom. The Balaban J connectivity index is 1.52. The van der Waals surface area contributed by atoms with Gasteiger partial charge in [0.1, 0.15) is 5.00 Å². The first-order chi connectivity index (χ1) is 11.6. The fourth-order valence-corrected chi connectivity index (χ4v) is 4.06. The summed E-state index contributed by atoms with van der Waals surface area (Å²) in [6.07, 6.45) is 5.83. The van der Waals surface area contributed by atoms with Gasteiger partial charge in [-0.25, -0.2) is 0 Å². The molecule has 24 heavy (non-hydrogen) atoms. The van der Waals surface area contributed by atoms with E-state index in [9.17, 15) is 9.59 Å². The van der Waals surface area contributed by atoms with Crippen molar-refractivity contribution in [3.8, 4) is 0 Å². The van der Waals surface area contributed by atoms with E-state index in [1.807, 2.05) is 0 Å². The normalized spacial score (nSPS) is 15.3. The van der Waals surface area contributed by atoms with Gasteiger partial charge in [0.2, 0.25) is 11.8 Å². The average molecular weight is 366 g/mol. The fourth-order valence-electron chi connectivity index (χ4n) is 2.68. The van der Waals surface area contributed by atoms with Crippen molar-refractivity contribution in [1.29, 1.82) is 0 Å². The van der Waals surface area contributed by atoms with Crippen LogP contribution in [-0.2, 0) is 4.79 Å². The van der Waals surface area contributed by atoms with Crippen LogP contribution < -0.4 is 11.1 Å². The van der Waals surface area contributed by atoms with Crippen molar-refractivity contribution in [1.82, 2.24) is 10.2 Å². The molecule has 9 heteroatoms. The van der Waals surface area contributed by atoms with E-state index in [0.717, 1.165) is 12.8 Å². The Hall–Kier alpha value is -1.87. The number of nitrogens with zero attached hydrogens (tertiary/aromatic N) is 2. The van der Waals surface area contributed by atoms with E-state index < -0.39 is 5.91 Å².